The number of halogens is 1. The molecule has 30 heavy (non-hydrogen) atoms. The van der Waals surface area contributed by atoms with E-state index in [0.717, 1.165) is 34.0 Å². The molecule has 0 bridgehead atoms. The number of carbonyl (C=O) groups excluding carboxylic acids is 1. The zero-order valence-electron chi connectivity index (χ0n) is 16.7. The maximum Gasteiger partial charge on any atom is 0.266 e. The van der Waals surface area contributed by atoms with Crippen LogP contribution in [0.4, 0.5) is 5.69 Å². The van der Waals surface area contributed by atoms with Crippen LogP contribution in [0.1, 0.15) is 18.1 Å². The molecule has 4 aromatic rings. The predicted molar refractivity (Wildman–Crippen MR) is 124 cm³/mol. The second-order valence-corrected chi connectivity index (χ2v) is 7.48. The second-order valence-electron chi connectivity index (χ2n) is 7.07. The van der Waals surface area contributed by atoms with Gasteiger partial charge in [0.05, 0.1) is 0 Å². The van der Waals surface area contributed by atoms with Gasteiger partial charge in [0, 0.05) is 39.1 Å². The van der Waals surface area contributed by atoms with Gasteiger partial charge in [-0.15, -0.1) is 0 Å². The van der Waals surface area contributed by atoms with Gasteiger partial charge in [-0.3, -0.25) is 4.79 Å². The summed E-state index contributed by atoms with van der Waals surface area (Å²) in [6.07, 6.45) is 1.62. The number of benzene rings is 3. The molecule has 0 radical (unpaired) electrons. The molecule has 0 fully saturated rings. The number of aryl methyl sites for hydroxylation is 1. The number of aromatic nitrogens is 1. The first kappa shape index (κ1) is 19.8. The molecule has 4 nitrogen and oxygen atoms in total. The van der Waals surface area contributed by atoms with Crippen LogP contribution in [0, 0.1) is 18.3 Å². The van der Waals surface area contributed by atoms with Crippen molar-refractivity contribution in [1.82, 2.24) is 4.57 Å². The molecule has 0 saturated heterocycles. The molecule has 3 aromatic carbocycles. The normalized spacial score (nSPS) is 11.6. The van der Waals surface area contributed by atoms with Gasteiger partial charge in [-0.05, 0) is 61.4 Å². The minimum Gasteiger partial charge on any atom is -0.341 e. The fraction of sp³-hybridized carbons (Fsp3) is 0.120. The predicted octanol–water partition coefficient (Wildman–Crippen LogP) is 6.32. The van der Waals surface area contributed by atoms with E-state index in [0.29, 0.717) is 10.7 Å². The highest BCUT2D eigenvalue weighted by atomic mass is 35.5. The maximum atomic E-state index is 12.7. The maximum absolute atomic E-state index is 12.7. The summed E-state index contributed by atoms with van der Waals surface area (Å²) in [5, 5.41) is 15.2. The summed E-state index contributed by atoms with van der Waals surface area (Å²) in [6.45, 7) is 4.81. The molecule has 0 atom stereocenters. The van der Waals surface area contributed by atoms with Gasteiger partial charge in [0.2, 0.25) is 0 Å². The Hall–Kier alpha value is -3.55. The Morgan fingerprint density at radius 1 is 1.10 bits per heavy atom. The van der Waals surface area contributed by atoms with Crippen molar-refractivity contribution in [2.45, 2.75) is 20.4 Å². The van der Waals surface area contributed by atoms with E-state index >= 15 is 0 Å². The fourth-order valence-electron chi connectivity index (χ4n) is 3.75. The number of carbonyl (C=O) groups is 1. The highest BCUT2D eigenvalue weighted by Crippen LogP contribution is 2.30. The molecule has 4 rings (SSSR count). The largest absolute Gasteiger partial charge is 0.341 e. The van der Waals surface area contributed by atoms with Crippen molar-refractivity contribution in [3.8, 4) is 6.07 Å². The Morgan fingerprint density at radius 2 is 1.87 bits per heavy atom. The van der Waals surface area contributed by atoms with Crippen molar-refractivity contribution in [2.24, 2.45) is 0 Å². The molecular formula is C25H20ClN3O. The van der Waals surface area contributed by atoms with E-state index < -0.39 is 5.91 Å². The molecule has 0 spiro atoms. The van der Waals surface area contributed by atoms with Crippen LogP contribution in [0.5, 0.6) is 0 Å². The Morgan fingerprint density at radius 3 is 2.63 bits per heavy atom. The van der Waals surface area contributed by atoms with Crippen LogP contribution in [0.25, 0.3) is 27.9 Å². The first-order valence-electron chi connectivity index (χ1n) is 9.72. The summed E-state index contributed by atoms with van der Waals surface area (Å²) in [5.41, 5.74) is 4.50. The molecule has 5 heteroatoms. The zero-order valence-corrected chi connectivity index (χ0v) is 17.5. The van der Waals surface area contributed by atoms with Gasteiger partial charge < -0.3 is 9.88 Å². The number of nitrogens with one attached hydrogen (secondary N) is 1. The topological polar surface area (TPSA) is 57.8 Å². The van der Waals surface area contributed by atoms with Crippen molar-refractivity contribution in [3.63, 3.8) is 0 Å². The van der Waals surface area contributed by atoms with E-state index in [-0.39, 0.29) is 5.57 Å². The summed E-state index contributed by atoms with van der Waals surface area (Å²) in [6, 6.07) is 21.6. The standard InChI is InChI=1S/C25H20ClN3O/c1-3-29-23-10-5-4-7-19(23)20-14-17(11-12-24(20)29)13-18(15-27)25(30)28-22-9-6-8-21(26)16(22)2/h4-14H,3H2,1-2H3,(H,28,30). The lowest BCUT2D eigenvalue weighted by Crippen LogP contribution is -2.14. The summed E-state index contributed by atoms with van der Waals surface area (Å²) in [5.74, 6) is -0.459. The third-order valence-electron chi connectivity index (χ3n) is 5.30. The van der Waals surface area contributed by atoms with E-state index in [2.05, 4.69) is 28.9 Å². The van der Waals surface area contributed by atoms with E-state index in [1.807, 2.05) is 43.3 Å². The molecular weight excluding hydrogens is 394 g/mol. The lowest BCUT2D eigenvalue weighted by Gasteiger charge is -2.09. The van der Waals surface area contributed by atoms with Gasteiger partial charge in [0.1, 0.15) is 11.6 Å². The average molecular weight is 414 g/mol. The van der Waals surface area contributed by atoms with Crippen LogP contribution in [-0.2, 0) is 11.3 Å². The minimum absolute atomic E-state index is 0.0351. The minimum atomic E-state index is -0.459. The van der Waals surface area contributed by atoms with E-state index in [1.165, 1.54) is 5.52 Å². The molecule has 0 saturated carbocycles. The number of fused-ring (bicyclic) bond motifs is 3. The Balaban J connectivity index is 1.73. The quantitative estimate of drug-likeness (QED) is 0.314. The van der Waals surface area contributed by atoms with Gasteiger partial charge in [-0.1, -0.05) is 41.9 Å². The SMILES string of the molecule is CCn1c2ccccc2c2cc(C=C(C#N)C(=O)Nc3cccc(Cl)c3C)ccc21. The molecule has 0 aliphatic heterocycles. The Kier molecular flexibility index (Phi) is 5.31. The van der Waals surface area contributed by atoms with Gasteiger partial charge in [0.15, 0.2) is 0 Å². The molecule has 0 aliphatic carbocycles. The van der Waals surface area contributed by atoms with Crippen LogP contribution >= 0.6 is 11.6 Å². The lowest BCUT2D eigenvalue weighted by molar-refractivity contribution is -0.112. The van der Waals surface area contributed by atoms with Gasteiger partial charge in [-0.2, -0.15) is 5.26 Å². The van der Waals surface area contributed by atoms with Gasteiger partial charge >= 0.3 is 0 Å². The summed E-state index contributed by atoms with van der Waals surface area (Å²) in [7, 11) is 0. The van der Waals surface area contributed by atoms with Gasteiger partial charge in [-0.25, -0.2) is 0 Å². The number of hydrogen-bond acceptors (Lipinski definition) is 2. The first-order chi connectivity index (χ1) is 14.5. The van der Waals surface area contributed by atoms with Crippen molar-refractivity contribution in [2.75, 3.05) is 5.32 Å². The first-order valence-corrected chi connectivity index (χ1v) is 10.1. The Labute approximate surface area is 180 Å². The molecule has 0 aliphatic rings. The average Bonchev–Trinajstić information content (AvgIpc) is 3.08. The second kappa shape index (κ2) is 8.06. The third kappa shape index (κ3) is 3.45. The van der Waals surface area contributed by atoms with Crippen molar-refractivity contribution in [3.05, 3.63) is 82.4 Å². The molecule has 1 N–H and O–H groups in total. The summed E-state index contributed by atoms with van der Waals surface area (Å²) in [4.78, 5) is 12.7. The highest BCUT2D eigenvalue weighted by molar-refractivity contribution is 6.31. The van der Waals surface area contributed by atoms with Crippen LogP contribution in [0.3, 0.4) is 0 Å². The summed E-state index contributed by atoms with van der Waals surface area (Å²) < 4.78 is 2.26. The van der Waals surface area contributed by atoms with Gasteiger partial charge in [0.25, 0.3) is 5.91 Å². The van der Waals surface area contributed by atoms with Crippen molar-refractivity contribution < 1.29 is 4.79 Å². The van der Waals surface area contributed by atoms with Crippen LogP contribution in [0.15, 0.2) is 66.2 Å². The smallest absolute Gasteiger partial charge is 0.266 e. The lowest BCUT2D eigenvalue weighted by atomic mass is 10.1. The molecule has 1 heterocycles. The number of rotatable bonds is 4. The van der Waals surface area contributed by atoms with E-state index in [4.69, 9.17) is 11.6 Å². The van der Waals surface area contributed by atoms with Crippen LogP contribution in [0.2, 0.25) is 5.02 Å². The number of nitriles is 1. The molecule has 1 amide bonds. The molecule has 1 aromatic heterocycles. The highest BCUT2D eigenvalue weighted by Gasteiger charge is 2.13. The monoisotopic (exact) mass is 413 g/mol. The number of anilines is 1. The van der Waals surface area contributed by atoms with Crippen LogP contribution in [-0.4, -0.2) is 10.5 Å². The zero-order chi connectivity index (χ0) is 21.3. The molecule has 148 valence electrons. The number of nitrogens with zero attached hydrogens (tertiary/aromatic N) is 2. The van der Waals surface area contributed by atoms with Crippen LogP contribution < -0.4 is 5.32 Å². The summed E-state index contributed by atoms with van der Waals surface area (Å²) >= 11 is 6.12. The molecule has 0 unspecified atom stereocenters. The van der Waals surface area contributed by atoms with Crippen molar-refractivity contribution >= 4 is 51.1 Å². The Bertz CT molecular complexity index is 1360. The van der Waals surface area contributed by atoms with E-state index in [9.17, 15) is 10.1 Å². The number of hydrogen-bond donors (Lipinski definition) is 1. The third-order valence-corrected chi connectivity index (χ3v) is 5.71. The van der Waals surface area contributed by atoms with Crippen molar-refractivity contribution in [1.29, 1.82) is 5.26 Å². The number of amides is 1. The van der Waals surface area contributed by atoms with E-state index in [1.54, 1.807) is 24.3 Å². The number of para-hydroxylation sites is 1. The fourth-order valence-corrected chi connectivity index (χ4v) is 3.92.